The summed E-state index contributed by atoms with van der Waals surface area (Å²) in [4.78, 5) is 13.8. The van der Waals surface area contributed by atoms with E-state index in [2.05, 4.69) is 20.3 Å². The Balaban J connectivity index is 0.00000192. The fraction of sp³-hybridized carbons (Fsp3) is 0.350. The number of hydrogen-bond acceptors (Lipinski definition) is 5. The highest BCUT2D eigenvalue weighted by atomic mass is 35.5. The number of nitrogens with zero attached hydrogens (tertiary/aromatic N) is 4. The molecular weight excluding hydrogens is 397 g/mol. The fourth-order valence-electron chi connectivity index (χ4n) is 3.84. The number of aryl methyl sites for hydroxylation is 2. The molecule has 0 atom stereocenters. The molecule has 5 nitrogen and oxygen atoms in total. The van der Waals surface area contributed by atoms with Gasteiger partial charge in [-0.15, -0.1) is 23.7 Å². The van der Waals surface area contributed by atoms with Gasteiger partial charge in [0.25, 0.3) is 0 Å². The molecular formula is C20H21ClFN5S. The third-order valence-corrected chi connectivity index (χ3v) is 6.34. The van der Waals surface area contributed by atoms with E-state index in [-0.39, 0.29) is 18.2 Å². The molecule has 1 aromatic carbocycles. The van der Waals surface area contributed by atoms with Crippen molar-refractivity contribution in [3.8, 4) is 11.3 Å². The summed E-state index contributed by atoms with van der Waals surface area (Å²) in [6.45, 7) is 5.90. The molecule has 0 spiro atoms. The van der Waals surface area contributed by atoms with Gasteiger partial charge in [0, 0.05) is 23.9 Å². The van der Waals surface area contributed by atoms with Crippen LogP contribution < -0.4 is 5.32 Å². The van der Waals surface area contributed by atoms with Gasteiger partial charge in [-0.2, -0.15) is 0 Å². The van der Waals surface area contributed by atoms with Crippen molar-refractivity contribution in [3.05, 3.63) is 46.7 Å². The normalized spacial score (nSPS) is 15.2. The van der Waals surface area contributed by atoms with Crippen LogP contribution >= 0.6 is 23.7 Å². The fourth-order valence-corrected chi connectivity index (χ4v) is 5.03. The summed E-state index contributed by atoms with van der Waals surface area (Å²) < 4.78 is 17.6. The number of fused-ring (bicyclic) bond motifs is 2. The zero-order valence-electron chi connectivity index (χ0n) is 15.7. The number of nitrogens with one attached hydrogen (secondary N) is 1. The van der Waals surface area contributed by atoms with E-state index < -0.39 is 0 Å². The van der Waals surface area contributed by atoms with Crippen LogP contribution in [-0.4, -0.2) is 32.4 Å². The van der Waals surface area contributed by atoms with Crippen LogP contribution in [0.4, 0.5) is 4.39 Å². The van der Waals surface area contributed by atoms with Crippen LogP contribution in [-0.2, 0) is 0 Å². The molecule has 1 N–H and O–H groups in total. The smallest absolute Gasteiger partial charge is 0.158 e. The van der Waals surface area contributed by atoms with Crippen LogP contribution in [0.2, 0.25) is 0 Å². The number of thiazole rings is 1. The average molecular weight is 418 g/mol. The molecule has 0 radical (unpaired) electrons. The Morgan fingerprint density at radius 2 is 1.89 bits per heavy atom. The summed E-state index contributed by atoms with van der Waals surface area (Å²) >= 11 is 1.61. The van der Waals surface area contributed by atoms with Gasteiger partial charge in [-0.3, -0.25) is 4.98 Å². The van der Waals surface area contributed by atoms with Crippen molar-refractivity contribution in [2.45, 2.75) is 32.6 Å². The summed E-state index contributed by atoms with van der Waals surface area (Å²) in [5.41, 5.74) is 4.61. The lowest BCUT2D eigenvalue weighted by atomic mass is 9.99. The Morgan fingerprint density at radius 3 is 2.68 bits per heavy atom. The molecule has 1 saturated heterocycles. The van der Waals surface area contributed by atoms with Crippen LogP contribution in [0, 0.1) is 19.7 Å². The van der Waals surface area contributed by atoms with Gasteiger partial charge in [0.2, 0.25) is 0 Å². The van der Waals surface area contributed by atoms with Gasteiger partial charge in [0.1, 0.15) is 5.52 Å². The third-order valence-electron chi connectivity index (χ3n) is 5.17. The molecule has 0 unspecified atom stereocenters. The molecule has 5 rings (SSSR count). The summed E-state index contributed by atoms with van der Waals surface area (Å²) in [6, 6.07) is 3.56. The van der Waals surface area contributed by atoms with E-state index in [1.807, 2.05) is 36.7 Å². The molecule has 8 heteroatoms. The van der Waals surface area contributed by atoms with E-state index in [4.69, 9.17) is 0 Å². The highest BCUT2D eigenvalue weighted by molar-refractivity contribution is 7.18. The second-order valence-electron chi connectivity index (χ2n) is 7.21. The second-order valence-corrected chi connectivity index (χ2v) is 8.27. The number of benzene rings is 1. The van der Waals surface area contributed by atoms with Gasteiger partial charge < -0.3 is 9.72 Å². The quantitative estimate of drug-likeness (QED) is 0.515. The van der Waals surface area contributed by atoms with Gasteiger partial charge >= 0.3 is 0 Å². The number of halogens is 2. The number of aromatic nitrogens is 4. The van der Waals surface area contributed by atoms with E-state index in [1.165, 1.54) is 0 Å². The van der Waals surface area contributed by atoms with Crippen molar-refractivity contribution in [1.82, 2.24) is 24.7 Å². The molecule has 0 saturated carbocycles. The molecule has 0 bridgehead atoms. The van der Waals surface area contributed by atoms with Crippen LogP contribution in [0.3, 0.4) is 0 Å². The summed E-state index contributed by atoms with van der Waals surface area (Å²) in [5.74, 6) is 0.153. The van der Waals surface area contributed by atoms with Gasteiger partial charge in [0.15, 0.2) is 11.5 Å². The van der Waals surface area contributed by atoms with Crippen LogP contribution in [0.25, 0.3) is 27.1 Å². The molecule has 1 fully saturated rings. The maximum absolute atomic E-state index is 14.8. The highest BCUT2D eigenvalue weighted by Crippen LogP contribution is 2.35. The zero-order valence-corrected chi connectivity index (χ0v) is 17.3. The molecule has 28 heavy (non-hydrogen) atoms. The van der Waals surface area contributed by atoms with Gasteiger partial charge in [0.05, 0.1) is 26.8 Å². The number of rotatable bonds is 2. The Labute approximate surface area is 172 Å². The summed E-state index contributed by atoms with van der Waals surface area (Å²) in [5, 5.41) is 4.42. The topological polar surface area (TPSA) is 55.1 Å². The lowest BCUT2D eigenvalue weighted by molar-refractivity contribution is 0.459. The predicted molar refractivity (Wildman–Crippen MR) is 113 cm³/mol. The maximum Gasteiger partial charge on any atom is 0.158 e. The molecule has 3 aromatic heterocycles. The summed E-state index contributed by atoms with van der Waals surface area (Å²) in [6.07, 6.45) is 6.00. The minimum Gasteiger partial charge on any atom is -0.317 e. The Kier molecular flexibility index (Phi) is 5.07. The van der Waals surface area contributed by atoms with Crippen molar-refractivity contribution in [2.24, 2.45) is 0 Å². The van der Waals surface area contributed by atoms with Gasteiger partial charge in [-0.25, -0.2) is 14.4 Å². The molecule has 4 aromatic rings. The standard InChI is InChI=1S/C20H20FN5S.ClH/c1-11-9-26-10-16(24-19(26)12(2)23-11)14-7-15(21)18-17(8-14)27-20(25-18)13-3-5-22-6-4-13;/h7-10,13,22H,3-6H2,1-2H3;1H. The summed E-state index contributed by atoms with van der Waals surface area (Å²) in [7, 11) is 0. The lowest BCUT2D eigenvalue weighted by Crippen LogP contribution is -2.26. The van der Waals surface area contributed by atoms with Crippen LogP contribution in [0.1, 0.15) is 35.2 Å². The monoisotopic (exact) mass is 417 g/mol. The van der Waals surface area contributed by atoms with Gasteiger partial charge in [-0.05, 0) is 51.9 Å². The molecule has 1 aliphatic heterocycles. The van der Waals surface area contributed by atoms with Crippen molar-refractivity contribution in [2.75, 3.05) is 13.1 Å². The largest absolute Gasteiger partial charge is 0.317 e. The lowest BCUT2D eigenvalue weighted by Gasteiger charge is -2.20. The Bertz CT molecular complexity index is 1160. The zero-order chi connectivity index (χ0) is 18.5. The minimum absolute atomic E-state index is 0. The third kappa shape index (κ3) is 3.27. The first kappa shape index (κ1) is 19.2. The van der Waals surface area contributed by atoms with Crippen LogP contribution in [0.15, 0.2) is 24.5 Å². The maximum atomic E-state index is 14.8. The number of imidazole rings is 1. The molecule has 0 aliphatic carbocycles. The average Bonchev–Trinajstić information content (AvgIpc) is 3.27. The van der Waals surface area contributed by atoms with E-state index in [9.17, 15) is 4.39 Å². The SMILES string of the molecule is Cc1cn2cc(-c3cc(F)c4nc(C5CCNCC5)sc4c3)nc2c(C)n1.Cl. The minimum atomic E-state index is -0.276. The number of piperidine rings is 1. The van der Waals surface area contributed by atoms with E-state index in [1.54, 1.807) is 17.4 Å². The van der Waals surface area contributed by atoms with E-state index >= 15 is 0 Å². The van der Waals surface area contributed by atoms with Crippen molar-refractivity contribution >= 4 is 39.6 Å². The first-order chi connectivity index (χ1) is 13.1. The van der Waals surface area contributed by atoms with E-state index in [0.29, 0.717) is 11.4 Å². The van der Waals surface area contributed by atoms with Gasteiger partial charge in [-0.1, -0.05) is 0 Å². The van der Waals surface area contributed by atoms with Crippen molar-refractivity contribution < 1.29 is 4.39 Å². The molecule has 1 aliphatic rings. The molecule has 146 valence electrons. The number of hydrogen-bond donors (Lipinski definition) is 1. The first-order valence-corrected chi connectivity index (χ1v) is 10.0. The second kappa shape index (κ2) is 7.39. The highest BCUT2D eigenvalue weighted by Gasteiger charge is 2.21. The Morgan fingerprint density at radius 1 is 1.11 bits per heavy atom. The van der Waals surface area contributed by atoms with Crippen molar-refractivity contribution in [1.29, 1.82) is 0 Å². The Hall–Kier alpha value is -2.09. The molecule has 0 amide bonds. The van der Waals surface area contributed by atoms with E-state index in [0.717, 1.165) is 63.9 Å². The first-order valence-electron chi connectivity index (χ1n) is 9.22. The van der Waals surface area contributed by atoms with Crippen molar-refractivity contribution in [3.63, 3.8) is 0 Å². The predicted octanol–water partition coefficient (Wildman–Crippen LogP) is 4.65. The molecule has 4 heterocycles. The van der Waals surface area contributed by atoms with Crippen LogP contribution in [0.5, 0.6) is 0 Å².